The molecular formula is C15H19F3OS. The van der Waals surface area contributed by atoms with Crippen LogP contribution in [0, 0.1) is 5.92 Å². The third-order valence-corrected chi connectivity index (χ3v) is 3.76. The van der Waals surface area contributed by atoms with E-state index in [0.29, 0.717) is 5.56 Å². The van der Waals surface area contributed by atoms with Crippen molar-refractivity contribution < 1.29 is 18.0 Å². The maximum atomic E-state index is 12.3. The van der Waals surface area contributed by atoms with Gasteiger partial charge in [-0.25, -0.2) is 0 Å². The fourth-order valence-electron chi connectivity index (χ4n) is 2.16. The summed E-state index contributed by atoms with van der Waals surface area (Å²) in [5.74, 6) is 0.0170. The van der Waals surface area contributed by atoms with Gasteiger partial charge in [0.15, 0.2) is 5.78 Å². The highest BCUT2D eigenvalue weighted by Crippen LogP contribution is 2.36. The largest absolute Gasteiger partial charge is 0.446 e. The molecule has 1 aromatic carbocycles. The Morgan fingerprint density at radius 2 is 1.60 bits per heavy atom. The van der Waals surface area contributed by atoms with E-state index in [4.69, 9.17) is 0 Å². The van der Waals surface area contributed by atoms with Crippen molar-refractivity contribution in [3.05, 3.63) is 29.8 Å². The molecule has 0 aliphatic heterocycles. The first-order valence-corrected chi connectivity index (χ1v) is 7.59. The summed E-state index contributed by atoms with van der Waals surface area (Å²) in [5.41, 5.74) is -3.79. The van der Waals surface area contributed by atoms with Gasteiger partial charge in [0.2, 0.25) is 0 Å². The highest BCUT2D eigenvalue weighted by atomic mass is 32.2. The Balaban J connectivity index is 2.78. The minimum Gasteiger partial charge on any atom is -0.294 e. The van der Waals surface area contributed by atoms with Crippen LogP contribution in [-0.2, 0) is 0 Å². The van der Waals surface area contributed by atoms with Crippen molar-refractivity contribution in [1.82, 2.24) is 0 Å². The molecule has 1 aromatic rings. The Morgan fingerprint density at radius 1 is 1.10 bits per heavy atom. The van der Waals surface area contributed by atoms with E-state index in [1.54, 1.807) is 0 Å². The Hall–Kier alpha value is -0.970. The lowest BCUT2D eigenvalue weighted by molar-refractivity contribution is -0.0328. The van der Waals surface area contributed by atoms with Gasteiger partial charge in [-0.2, -0.15) is 13.2 Å². The standard InChI is InChI=1S/C15H19F3OS/c1-3-5-11(6-4-2)14(19)12-7-9-13(10-8-12)20-15(16,17)18/h7-11H,3-6H2,1-2H3. The lowest BCUT2D eigenvalue weighted by Crippen LogP contribution is -2.14. The van der Waals surface area contributed by atoms with Gasteiger partial charge in [-0.3, -0.25) is 4.79 Å². The first-order chi connectivity index (χ1) is 9.37. The summed E-state index contributed by atoms with van der Waals surface area (Å²) < 4.78 is 36.7. The molecule has 1 nitrogen and oxygen atoms in total. The number of rotatable bonds is 7. The first kappa shape index (κ1) is 17.1. The van der Waals surface area contributed by atoms with Crippen molar-refractivity contribution in [2.45, 2.75) is 49.9 Å². The summed E-state index contributed by atoms with van der Waals surface area (Å²) in [5, 5.41) is 0. The lowest BCUT2D eigenvalue weighted by Gasteiger charge is -2.14. The Kier molecular flexibility index (Phi) is 6.59. The van der Waals surface area contributed by atoms with E-state index in [0.717, 1.165) is 25.7 Å². The SMILES string of the molecule is CCCC(CCC)C(=O)c1ccc(SC(F)(F)F)cc1. The van der Waals surface area contributed by atoms with E-state index in [1.165, 1.54) is 24.3 Å². The predicted octanol–water partition coefficient (Wildman–Crippen LogP) is 5.70. The van der Waals surface area contributed by atoms with Crippen molar-refractivity contribution in [1.29, 1.82) is 0 Å². The molecule has 0 aromatic heterocycles. The number of carbonyl (C=O) groups excluding carboxylic acids is 1. The molecule has 0 amide bonds. The van der Waals surface area contributed by atoms with E-state index in [-0.39, 0.29) is 28.4 Å². The Labute approximate surface area is 121 Å². The summed E-state index contributed by atoms with van der Waals surface area (Å²) in [7, 11) is 0. The number of hydrogen-bond donors (Lipinski definition) is 0. The lowest BCUT2D eigenvalue weighted by atomic mass is 9.90. The number of alkyl halides is 3. The molecule has 0 atom stereocenters. The van der Waals surface area contributed by atoms with E-state index < -0.39 is 5.51 Å². The molecule has 0 aliphatic rings. The third kappa shape index (κ3) is 5.57. The van der Waals surface area contributed by atoms with Crippen molar-refractivity contribution in [3.63, 3.8) is 0 Å². The topological polar surface area (TPSA) is 17.1 Å². The molecule has 0 unspecified atom stereocenters. The maximum absolute atomic E-state index is 12.3. The van der Waals surface area contributed by atoms with Crippen LogP contribution in [0.2, 0.25) is 0 Å². The fourth-order valence-corrected chi connectivity index (χ4v) is 2.70. The number of benzene rings is 1. The van der Waals surface area contributed by atoms with Gasteiger partial charge >= 0.3 is 5.51 Å². The molecule has 112 valence electrons. The van der Waals surface area contributed by atoms with Crippen LogP contribution in [0.3, 0.4) is 0 Å². The molecule has 0 heterocycles. The van der Waals surface area contributed by atoms with Crippen LogP contribution in [0.1, 0.15) is 49.9 Å². The maximum Gasteiger partial charge on any atom is 0.446 e. The van der Waals surface area contributed by atoms with Crippen molar-refractivity contribution in [2.75, 3.05) is 0 Å². The van der Waals surface area contributed by atoms with Gasteiger partial charge in [-0.15, -0.1) is 0 Å². The molecule has 0 spiro atoms. The summed E-state index contributed by atoms with van der Waals surface area (Å²) in [4.78, 5) is 12.4. The van der Waals surface area contributed by atoms with E-state index in [2.05, 4.69) is 0 Å². The number of ketones is 1. The molecule has 1 rings (SSSR count). The van der Waals surface area contributed by atoms with Crippen LogP contribution in [0.15, 0.2) is 29.2 Å². The minimum absolute atomic E-state index is 0.0221. The van der Waals surface area contributed by atoms with Gasteiger partial charge in [-0.1, -0.05) is 38.8 Å². The van der Waals surface area contributed by atoms with Crippen LogP contribution in [-0.4, -0.2) is 11.3 Å². The zero-order valence-electron chi connectivity index (χ0n) is 11.7. The van der Waals surface area contributed by atoms with Gasteiger partial charge in [-0.05, 0) is 36.7 Å². The van der Waals surface area contributed by atoms with Crippen molar-refractivity contribution in [2.24, 2.45) is 5.92 Å². The average Bonchev–Trinajstić information content (AvgIpc) is 2.37. The van der Waals surface area contributed by atoms with Gasteiger partial charge in [0.05, 0.1) is 0 Å². The van der Waals surface area contributed by atoms with Gasteiger partial charge in [0, 0.05) is 16.4 Å². The number of hydrogen-bond acceptors (Lipinski definition) is 2. The summed E-state index contributed by atoms with van der Waals surface area (Å²) >= 11 is -0.161. The quantitative estimate of drug-likeness (QED) is 0.475. The molecule has 0 N–H and O–H groups in total. The molecule has 0 bridgehead atoms. The highest BCUT2D eigenvalue weighted by molar-refractivity contribution is 8.00. The average molecular weight is 304 g/mol. The third-order valence-electron chi connectivity index (χ3n) is 3.02. The van der Waals surface area contributed by atoms with Gasteiger partial charge in [0.25, 0.3) is 0 Å². The van der Waals surface area contributed by atoms with Gasteiger partial charge < -0.3 is 0 Å². The van der Waals surface area contributed by atoms with Gasteiger partial charge in [0.1, 0.15) is 0 Å². The predicted molar refractivity (Wildman–Crippen MR) is 76.0 cm³/mol. The zero-order chi connectivity index (χ0) is 15.2. The second-order valence-electron chi connectivity index (χ2n) is 4.71. The molecule has 0 fully saturated rings. The molecule has 0 aliphatic carbocycles. The van der Waals surface area contributed by atoms with E-state index in [9.17, 15) is 18.0 Å². The monoisotopic (exact) mass is 304 g/mol. The number of Topliss-reactive ketones (excluding diaryl/α,β-unsaturated/α-hetero) is 1. The zero-order valence-corrected chi connectivity index (χ0v) is 12.5. The second-order valence-corrected chi connectivity index (χ2v) is 5.85. The van der Waals surface area contributed by atoms with Crippen molar-refractivity contribution in [3.8, 4) is 0 Å². The molecule has 0 radical (unpaired) electrons. The molecule has 0 saturated heterocycles. The Morgan fingerprint density at radius 3 is 2.00 bits per heavy atom. The molecule has 0 saturated carbocycles. The smallest absolute Gasteiger partial charge is 0.294 e. The molecule has 20 heavy (non-hydrogen) atoms. The minimum atomic E-state index is -4.29. The molecule has 5 heteroatoms. The van der Waals surface area contributed by atoms with Crippen LogP contribution in [0.5, 0.6) is 0 Å². The summed E-state index contributed by atoms with van der Waals surface area (Å²) in [6, 6.07) is 5.71. The van der Waals surface area contributed by atoms with Crippen LogP contribution < -0.4 is 0 Å². The summed E-state index contributed by atoms with van der Waals surface area (Å²) in [6.45, 7) is 4.05. The number of carbonyl (C=O) groups is 1. The Bertz CT molecular complexity index is 420. The number of halogens is 3. The van der Waals surface area contributed by atoms with E-state index >= 15 is 0 Å². The first-order valence-electron chi connectivity index (χ1n) is 6.77. The highest BCUT2D eigenvalue weighted by Gasteiger charge is 2.29. The summed E-state index contributed by atoms with van der Waals surface area (Å²) in [6.07, 6.45) is 3.51. The number of thioether (sulfide) groups is 1. The van der Waals surface area contributed by atoms with Crippen LogP contribution in [0.25, 0.3) is 0 Å². The van der Waals surface area contributed by atoms with E-state index in [1.807, 2.05) is 13.8 Å². The molecular weight excluding hydrogens is 285 g/mol. The van der Waals surface area contributed by atoms with Crippen LogP contribution in [0.4, 0.5) is 13.2 Å². The van der Waals surface area contributed by atoms with Crippen molar-refractivity contribution >= 4 is 17.5 Å². The normalized spacial score (nSPS) is 11.9. The second kappa shape index (κ2) is 7.72. The van der Waals surface area contributed by atoms with Crippen LogP contribution >= 0.6 is 11.8 Å². The fraction of sp³-hybridized carbons (Fsp3) is 0.533.